The highest BCUT2D eigenvalue weighted by Crippen LogP contribution is 2.26. The second kappa shape index (κ2) is 9.27. The Morgan fingerprint density at radius 1 is 0.938 bits per heavy atom. The number of anilines is 2. The van der Waals surface area contributed by atoms with Crippen molar-refractivity contribution in [2.24, 2.45) is 5.73 Å². The Bertz CT molecular complexity index is 1260. The van der Waals surface area contributed by atoms with Crippen LogP contribution in [0.5, 0.6) is 0 Å². The van der Waals surface area contributed by atoms with Crippen LogP contribution in [0.4, 0.5) is 17.1 Å². The first kappa shape index (κ1) is 22.4. The maximum atomic E-state index is 13.3. The molecular weight excluding hydrogens is 436 g/mol. The molecule has 2 amide bonds. The lowest BCUT2D eigenvalue weighted by atomic mass is 10.1. The van der Waals surface area contributed by atoms with Gasteiger partial charge in [0.2, 0.25) is 5.91 Å². The first-order chi connectivity index (χ1) is 15.2. The summed E-state index contributed by atoms with van der Waals surface area (Å²) in [7, 11) is -4.19. The molecule has 32 heavy (non-hydrogen) atoms. The van der Waals surface area contributed by atoms with Gasteiger partial charge >= 0.3 is 0 Å². The number of rotatable bonds is 8. The molecule has 0 aliphatic carbocycles. The Hall–Kier alpha value is -4.25. The Balaban J connectivity index is 1.97. The zero-order valence-corrected chi connectivity index (χ0v) is 17.4. The molecule has 3 aromatic carbocycles. The van der Waals surface area contributed by atoms with Crippen molar-refractivity contribution in [1.29, 1.82) is 0 Å². The van der Waals surface area contributed by atoms with Crippen LogP contribution in [0, 0.1) is 10.1 Å². The minimum Gasteiger partial charge on any atom is -0.366 e. The zero-order chi connectivity index (χ0) is 23.3. The highest BCUT2D eigenvalue weighted by molar-refractivity contribution is 7.92. The van der Waals surface area contributed by atoms with Crippen LogP contribution in [0.1, 0.15) is 10.4 Å². The van der Waals surface area contributed by atoms with E-state index < -0.39 is 33.3 Å². The first-order valence-corrected chi connectivity index (χ1v) is 10.6. The van der Waals surface area contributed by atoms with Crippen LogP contribution in [-0.2, 0) is 14.8 Å². The molecule has 0 unspecified atom stereocenters. The van der Waals surface area contributed by atoms with E-state index in [1.807, 2.05) is 0 Å². The number of benzene rings is 3. The van der Waals surface area contributed by atoms with E-state index in [1.54, 1.807) is 18.2 Å². The fraction of sp³-hybridized carbons (Fsp3) is 0.0476. The average molecular weight is 454 g/mol. The number of carbonyl (C=O) groups excluding carboxylic acids is 2. The number of hydrogen-bond acceptors (Lipinski definition) is 6. The van der Waals surface area contributed by atoms with Crippen LogP contribution in [-0.4, -0.2) is 31.7 Å². The van der Waals surface area contributed by atoms with E-state index in [9.17, 15) is 28.1 Å². The van der Waals surface area contributed by atoms with E-state index in [0.29, 0.717) is 0 Å². The third kappa shape index (κ3) is 4.90. The van der Waals surface area contributed by atoms with E-state index in [0.717, 1.165) is 16.4 Å². The fourth-order valence-corrected chi connectivity index (χ4v) is 4.34. The van der Waals surface area contributed by atoms with Gasteiger partial charge in [0.05, 0.1) is 26.8 Å². The second-order valence-corrected chi connectivity index (χ2v) is 8.42. The Kier molecular flexibility index (Phi) is 6.50. The summed E-state index contributed by atoms with van der Waals surface area (Å²) in [5.74, 6) is -1.50. The molecule has 0 bridgehead atoms. The van der Waals surface area contributed by atoms with Crippen molar-refractivity contribution in [3.63, 3.8) is 0 Å². The van der Waals surface area contributed by atoms with Gasteiger partial charge < -0.3 is 11.1 Å². The largest absolute Gasteiger partial charge is 0.366 e. The molecule has 3 N–H and O–H groups in total. The van der Waals surface area contributed by atoms with Crippen molar-refractivity contribution in [3.05, 3.63) is 94.5 Å². The summed E-state index contributed by atoms with van der Waals surface area (Å²) in [4.78, 5) is 34.6. The third-order valence-electron chi connectivity index (χ3n) is 4.43. The lowest BCUT2D eigenvalue weighted by molar-refractivity contribution is -0.384. The molecule has 3 rings (SSSR count). The zero-order valence-electron chi connectivity index (χ0n) is 16.5. The van der Waals surface area contributed by atoms with Gasteiger partial charge in [0.15, 0.2) is 0 Å². The van der Waals surface area contributed by atoms with Crippen LogP contribution >= 0.6 is 0 Å². The predicted octanol–water partition coefficient (Wildman–Crippen LogP) is 2.53. The molecule has 0 atom stereocenters. The van der Waals surface area contributed by atoms with E-state index in [4.69, 9.17) is 5.73 Å². The van der Waals surface area contributed by atoms with E-state index in [1.165, 1.54) is 48.5 Å². The van der Waals surface area contributed by atoms with Crippen LogP contribution in [0.15, 0.2) is 83.8 Å². The van der Waals surface area contributed by atoms with Gasteiger partial charge in [-0.05, 0) is 36.4 Å². The highest BCUT2D eigenvalue weighted by atomic mass is 32.2. The number of sulfonamides is 1. The highest BCUT2D eigenvalue weighted by Gasteiger charge is 2.28. The van der Waals surface area contributed by atoms with Gasteiger partial charge in [0, 0.05) is 12.1 Å². The lowest BCUT2D eigenvalue weighted by Gasteiger charge is -2.24. The molecule has 0 aliphatic rings. The molecule has 0 aromatic heterocycles. The molecule has 0 spiro atoms. The molecule has 0 fully saturated rings. The van der Waals surface area contributed by atoms with Crippen molar-refractivity contribution in [2.75, 3.05) is 16.2 Å². The molecule has 10 nitrogen and oxygen atoms in total. The van der Waals surface area contributed by atoms with Crippen molar-refractivity contribution in [3.8, 4) is 0 Å². The Labute approximate surface area is 183 Å². The maximum absolute atomic E-state index is 13.3. The van der Waals surface area contributed by atoms with E-state index in [2.05, 4.69) is 5.32 Å². The van der Waals surface area contributed by atoms with E-state index in [-0.39, 0.29) is 27.5 Å². The third-order valence-corrected chi connectivity index (χ3v) is 6.22. The quantitative estimate of drug-likeness (QED) is 0.394. The molecule has 0 aliphatic heterocycles. The van der Waals surface area contributed by atoms with Crippen LogP contribution < -0.4 is 15.4 Å². The number of carbonyl (C=O) groups is 2. The summed E-state index contributed by atoms with van der Waals surface area (Å²) in [5.41, 5.74) is 5.33. The molecule has 0 heterocycles. The van der Waals surface area contributed by atoms with Crippen molar-refractivity contribution in [2.45, 2.75) is 4.90 Å². The molecule has 0 radical (unpaired) electrons. The van der Waals surface area contributed by atoms with Gasteiger partial charge in [-0.2, -0.15) is 0 Å². The molecule has 164 valence electrons. The fourth-order valence-electron chi connectivity index (χ4n) is 2.90. The van der Waals surface area contributed by atoms with Gasteiger partial charge in [0.1, 0.15) is 6.54 Å². The number of amides is 2. The van der Waals surface area contributed by atoms with Crippen LogP contribution in [0.25, 0.3) is 0 Å². The van der Waals surface area contributed by atoms with Gasteiger partial charge in [-0.15, -0.1) is 0 Å². The summed E-state index contributed by atoms with van der Waals surface area (Å²) in [6, 6.07) is 18.2. The normalized spacial score (nSPS) is 10.9. The molecule has 3 aromatic rings. The van der Waals surface area contributed by atoms with Gasteiger partial charge in [-0.25, -0.2) is 8.42 Å². The maximum Gasteiger partial charge on any atom is 0.269 e. The monoisotopic (exact) mass is 454 g/mol. The molecule has 0 saturated heterocycles. The van der Waals surface area contributed by atoms with Crippen LogP contribution in [0.3, 0.4) is 0 Å². The second-order valence-electron chi connectivity index (χ2n) is 6.56. The Morgan fingerprint density at radius 3 is 2.12 bits per heavy atom. The number of non-ortho nitro benzene ring substituents is 1. The van der Waals surface area contributed by atoms with Gasteiger partial charge in [0.25, 0.3) is 21.6 Å². The van der Waals surface area contributed by atoms with Gasteiger partial charge in [-0.3, -0.25) is 24.0 Å². The summed E-state index contributed by atoms with van der Waals surface area (Å²) in [6.07, 6.45) is 0. The van der Waals surface area contributed by atoms with Gasteiger partial charge in [-0.1, -0.05) is 30.3 Å². The topological polar surface area (TPSA) is 153 Å². The molecular formula is C21H18N4O6S. The minimum atomic E-state index is -4.19. The van der Waals surface area contributed by atoms with Crippen LogP contribution in [0.2, 0.25) is 0 Å². The number of nitro groups is 1. The summed E-state index contributed by atoms with van der Waals surface area (Å²) >= 11 is 0. The Morgan fingerprint density at radius 2 is 1.53 bits per heavy atom. The van der Waals surface area contributed by atoms with E-state index >= 15 is 0 Å². The number of nitro benzene ring substituents is 1. The number of nitrogens with two attached hydrogens (primary N) is 1. The standard InChI is InChI=1S/C21H18N4O6S/c22-21(27)18-8-4-5-9-19(18)23-20(26)14-24(15-10-12-16(13-11-15)25(28)29)32(30,31)17-6-2-1-3-7-17/h1-13H,14H2,(H2,22,27)(H,23,26). The number of primary amides is 1. The number of nitrogens with zero attached hydrogens (tertiary/aromatic N) is 2. The first-order valence-electron chi connectivity index (χ1n) is 9.21. The number of hydrogen-bond donors (Lipinski definition) is 2. The minimum absolute atomic E-state index is 0.0535. The van der Waals surface area contributed by atoms with Crippen molar-refractivity contribution >= 4 is 38.9 Å². The predicted molar refractivity (Wildman–Crippen MR) is 118 cm³/mol. The summed E-state index contributed by atoms with van der Waals surface area (Å²) < 4.78 is 27.3. The average Bonchev–Trinajstić information content (AvgIpc) is 2.78. The van der Waals surface area contributed by atoms with Crippen molar-refractivity contribution in [1.82, 2.24) is 0 Å². The van der Waals surface area contributed by atoms with Crippen molar-refractivity contribution < 1.29 is 22.9 Å². The lowest BCUT2D eigenvalue weighted by Crippen LogP contribution is -2.38. The smallest absolute Gasteiger partial charge is 0.269 e. The number of nitrogens with one attached hydrogen (secondary N) is 1. The SMILES string of the molecule is NC(=O)c1ccccc1NC(=O)CN(c1ccc([N+](=O)[O-])cc1)S(=O)(=O)c1ccccc1. The summed E-state index contributed by atoms with van der Waals surface area (Å²) in [6.45, 7) is -0.651. The summed E-state index contributed by atoms with van der Waals surface area (Å²) in [5, 5.41) is 13.4. The molecule has 11 heteroatoms. The number of para-hydroxylation sites is 1. The molecule has 0 saturated carbocycles.